The van der Waals surface area contributed by atoms with Gasteiger partial charge in [-0.2, -0.15) is 10.1 Å². The van der Waals surface area contributed by atoms with Crippen molar-refractivity contribution in [3.8, 4) is 11.4 Å². The van der Waals surface area contributed by atoms with E-state index >= 15 is 0 Å². The number of nitrogens with one attached hydrogen (secondary N) is 2. The summed E-state index contributed by atoms with van der Waals surface area (Å²) in [5, 5.41) is 22.6. The fraction of sp³-hybridized carbons (Fsp3) is 0.0769. The second kappa shape index (κ2) is 5.28. The highest BCUT2D eigenvalue weighted by molar-refractivity contribution is 6.03. The number of amides is 1. The van der Waals surface area contributed by atoms with Crippen LogP contribution in [0, 0.1) is 12.7 Å². The number of rotatable bonds is 3. The molecule has 0 bridgehead atoms. The van der Waals surface area contributed by atoms with Gasteiger partial charge in [-0.15, -0.1) is 5.10 Å². The first-order chi connectivity index (χ1) is 10.5. The Morgan fingerprint density at radius 1 is 1.36 bits per heavy atom. The number of nitrogens with zero attached hydrogens (tertiary/aromatic N) is 4. The van der Waals surface area contributed by atoms with Crippen molar-refractivity contribution in [3.63, 3.8) is 0 Å². The number of benzene rings is 1. The second-order valence-electron chi connectivity index (χ2n) is 4.48. The zero-order chi connectivity index (χ0) is 15.7. The molecule has 0 fully saturated rings. The van der Waals surface area contributed by atoms with Gasteiger partial charge in [0, 0.05) is 0 Å². The van der Waals surface area contributed by atoms with Gasteiger partial charge in [-0.1, -0.05) is 0 Å². The third-order valence-corrected chi connectivity index (χ3v) is 2.82. The Kier molecular flexibility index (Phi) is 3.30. The van der Waals surface area contributed by atoms with Crippen LogP contribution in [-0.4, -0.2) is 36.0 Å². The number of carbonyl (C=O) groups excluding carboxylic acids is 1. The van der Waals surface area contributed by atoms with Crippen LogP contribution in [0.4, 0.5) is 10.3 Å². The Morgan fingerprint density at radius 2 is 2.09 bits per heavy atom. The normalized spacial score (nSPS) is 10.6. The molecule has 0 atom stereocenters. The predicted octanol–water partition coefficient (Wildman–Crippen LogP) is 1.40. The third kappa shape index (κ3) is 2.64. The number of aromatic hydroxyl groups is 1. The molecule has 3 rings (SSSR count). The molecule has 112 valence electrons. The maximum Gasteiger partial charge on any atom is 0.282 e. The molecular weight excluding hydrogens is 291 g/mol. The molecule has 0 aliphatic heterocycles. The van der Waals surface area contributed by atoms with Crippen LogP contribution in [0.1, 0.15) is 16.3 Å². The van der Waals surface area contributed by atoms with Crippen LogP contribution < -0.4 is 5.32 Å². The molecule has 2 aromatic heterocycles. The van der Waals surface area contributed by atoms with Crippen LogP contribution in [0.3, 0.4) is 0 Å². The van der Waals surface area contributed by atoms with Gasteiger partial charge in [0.05, 0.1) is 11.9 Å². The van der Waals surface area contributed by atoms with Gasteiger partial charge < -0.3 is 5.11 Å². The van der Waals surface area contributed by atoms with Crippen LogP contribution in [0.5, 0.6) is 5.75 Å². The molecule has 8 nitrogen and oxygen atoms in total. The van der Waals surface area contributed by atoms with E-state index < -0.39 is 11.7 Å². The Hall–Kier alpha value is -3.23. The minimum Gasteiger partial charge on any atom is -0.504 e. The quantitative estimate of drug-likeness (QED) is 0.677. The zero-order valence-electron chi connectivity index (χ0n) is 11.4. The summed E-state index contributed by atoms with van der Waals surface area (Å²) in [5.41, 5.74) is 0.316. The van der Waals surface area contributed by atoms with E-state index in [-0.39, 0.29) is 17.4 Å². The summed E-state index contributed by atoms with van der Waals surface area (Å²) in [5.74, 6) is -0.737. The Labute approximate surface area is 123 Å². The number of anilines is 1. The summed E-state index contributed by atoms with van der Waals surface area (Å²) in [6.07, 6.45) is 1.26. The number of aryl methyl sites for hydroxylation is 1. The largest absolute Gasteiger partial charge is 0.504 e. The molecule has 0 saturated carbocycles. The van der Waals surface area contributed by atoms with Crippen LogP contribution in [-0.2, 0) is 0 Å². The molecule has 0 aliphatic carbocycles. The van der Waals surface area contributed by atoms with E-state index in [2.05, 4.69) is 25.6 Å². The Morgan fingerprint density at radius 3 is 2.73 bits per heavy atom. The van der Waals surface area contributed by atoms with Gasteiger partial charge >= 0.3 is 0 Å². The number of aromatic amines is 1. The third-order valence-electron chi connectivity index (χ3n) is 2.82. The van der Waals surface area contributed by atoms with E-state index in [0.29, 0.717) is 11.5 Å². The molecule has 3 N–H and O–H groups in total. The Balaban J connectivity index is 1.85. The molecule has 0 unspecified atom stereocenters. The van der Waals surface area contributed by atoms with Gasteiger partial charge in [0.25, 0.3) is 5.91 Å². The molecule has 9 heteroatoms. The summed E-state index contributed by atoms with van der Waals surface area (Å²) in [4.78, 5) is 16.0. The summed E-state index contributed by atoms with van der Waals surface area (Å²) >= 11 is 0. The first-order valence-electron chi connectivity index (χ1n) is 6.28. The number of H-pyrrole nitrogens is 1. The SMILES string of the molecule is Cc1nc(NC(=O)c2nn(-c3ccc(F)cc3)cc2O)n[nH]1. The van der Waals surface area contributed by atoms with Gasteiger partial charge in [0.2, 0.25) is 5.95 Å². The highest BCUT2D eigenvalue weighted by atomic mass is 19.1. The lowest BCUT2D eigenvalue weighted by molar-refractivity contribution is 0.101. The van der Waals surface area contributed by atoms with E-state index in [1.807, 2.05) is 0 Å². The van der Waals surface area contributed by atoms with Gasteiger partial charge in [0.15, 0.2) is 11.4 Å². The van der Waals surface area contributed by atoms with E-state index in [9.17, 15) is 14.3 Å². The molecule has 0 aliphatic rings. The van der Waals surface area contributed by atoms with Crippen molar-refractivity contribution >= 4 is 11.9 Å². The van der Waals surface area contributed by atoms with E-state index in [0.717, 1.165) is 0 Å². The van der Waals surface area contributed by atoms with Crippen molar-refractivity contribution in [1.82, 2.24) is 25.0 Å². The first kappa shape index (κ1) is 13.7. The van der Waals surface area contributed by atoms with Gasteiger partial charge in [-0.3, -0.25) is 15.2 Å². The molecule has 0 spiro atoms. The molecule has 3 aromatic rings. The average Bonchev–Trinajstić information content (AvgIpc) is 3.06. The summed E-state index contributed by atoms with van der Waals surface area (Å²) in [7, 11) is 0. The zero-order valence-corrected chi connectivity index (χ0v) is 11.4. The minimum atomic E-state index is -0.655. The van der Waals surface area contributed by atoms with Crippen molar-refractivity contribution in [2.75, 3.05) is 5.32 Å². The van der Waals surface area contributed by atoms with Crippen LogP contribution in [0.2, 0.25) is 0 Å². The molecular formula is C13H11FN6O2. The highest BCUT2D eigenvalue weighted by Crippen LogP contribution is 2.19. The van der Waals surface area contributed by atoms with Crippen LogP contribution in [0.25, 0.3) is 5.69 Å². The smallest absolute Gasteiger partial charge is 0.282 e. The maximum atomic E-state index is 12.9. The van der Waals surface area contributed by atoms with Crippen molar-refractivity contribution in [1.29, 1.82) is 0 Å². The average molecular weight is 302 g/mol. The number of carbonyl (C=O) groups is 1. The van der Waals surface area contributed by atoms with Crippen molar-refractivity contribution in [3.05, 3.63) is 47.8 Å². The second-order valence-corrected chi connectivity index (χ2v) is 4.48. The lowest BCUT2D eigenvalue weighted by Gasteiger charge is -2.00. The van der Waals surface area contributed by atoms with Gasteiger partial charge in [-0.25, -0.2) is 9.07 Å². The van der Waals surface area contributed by atoms with E-state index in [1.165, 1.54) is 35.1 Å². The summed E-state index contributed by atoms with van der Waals surface area (Å²) in [6.45, 7) is 1.68. The molecule has 1 amide bonds. The molecule has 22 heavy (non-hydrogen) atoms. The molecule has 2 heterocycles. The molecule has 0 radical (unpaired) electrons. The Bertz CT molecular complexity index is 823. The fourth-order valence-electron chi connectivity index (χ4n) is 1.81. The standard InChI is InChI=1S/C13H11FN6O2/c1-7-15-13(18-17-7)16-12(22)11-10(21)6-20(19-11)9-4-2-8(14)3-5-9/h2-6,21H,1H3,(H2,15,16,17,18,22). The lowest BCUT2D eigenvalue weighted by Crippen LogP contribution is -2.14. The maximum absolute atomic E-state index is 12.9. The number of aromatic nitrogens is 5. The monoisotopic (exact) mass is 302 g/mol. The topological polar surface area (TPSA) is 109 Å². The lowest BCUT2D eigenvalue weighted by atomic mass is 10.3. The fourth-order valence-corrected chi connectivity index (χ4v) is 1.81. The van der Waals surface area contributed by atoms with Crippen LogP contribution >= 0.6 is 0 Å². The van der Waals surface area contributed by atoms with Crippen molar-refractivity contribution in [2.45, 2.75) is 6.92 Å². The number of hydrogen-bond donors (Lipinski definition) is 3. The van der Waals surface area contributed by atoms with Gasteiger partial charge in [-0.05, 0) is 31.2 Å². The summed E-state index contributed by atoms with van der Waals surface area (Å²) in [6, 6.07) is 5.46. The van der Waals surface area contributed by atoms with E-state index in [4.69, 9.17) is 0 Å². The summed E-state index contributed by atoms with van der Waals surface area (Å²) < 4.78 is 14.2. The van der Waals surface area contributed by atoms with Crippen molar-refractivity contribution < 1.29 is 14.3 Å². The van der Waals surface area contributed by atoms with Crippen LogP contribution in [0.15, 0.2) is 30.5 Å². The van der Waals surface area contributed by atoms with E-state index in [1.54, 1.807) is 6.92 Å². The van der Waals surface area contributed by atoms with Gasteiger partial charge in [0.1, 0.15) is 11.6 Å². The molecule has 1 aromatic carbocycles. The molecule has 0 saturated heterocycles. The number of halogens is 1. The van der Waals surface area contributed by atoms with Crippen molar-refractivity contribution in [2.24, 2.45) is 0 Å². The first-order valence-corrected chi connectivity index (χ1v) is 6.28. The number of hydrogen-bond acceptors (Lipinski definition) is 5. The predicted molar refractivity (Wildman–Crippen MR) is 74.3 cm³/mol. The minimum absolute atomic E-state index is 0.0817. The highest BCUT2D eigenvalue weighted by Gasteiger charge is 2.18.